The number of methoxy groups -OCH3 is 1. The molecule has 0 saturated heterocycles. The second kappa shape index (κ2) is 6.66. The molecule has 0 bridgehead atoms. The number of carbonyl (C=O) groups excluding carboxylic acids is 2. The maximum Gasteiger partial charge on any atom is 0.283 e. The van der Waals surface area contributed by atoms with Crippen molar-refractivity contribution in [3.05, 3.63) is 58.2 Å². The largest absolute Gasteiger partial charge is 0.506 e. The molecular weight excluding hydrogens is 367 g/mol. The van der Waals surface area contributed by atoms with Crippen LogP contribution in [0.15, 0.2) is 53.2 Å². The average Bonchev–Trinajstić information content (AvgIpc) is 2.80. The molecule has 1 aliphatic rings. The third-order valence-electron chi connectivity index (χ3n) is 3.57. The van der Waals surface area contributed by atoms with Crippen LogP contribution in [0.5, 0.6) is 11.5 Å². The van der Waals surface area contributed by atoms with E-state index >= 15 is 0 Å². The first kappa shape index (κ1) is 17.1. The van der Waals surface area contributed by atoms with Gasteiger partial charge >= 0.3 is 0 Å². The summed E-state index contributed by atoms with van der Waals surface area (Å²) in [6.45, 7) is 0. The number of para-hydroxylation sites is 2. The first-order valence-electron chi connectivity index (χ1n) is 7.11. The van der Waals surface area contributed by atoms with Crippen LogP contribution < -0.4 is 15.0 Å². The number of ether oxygens (including phenoxy) is 1. The highest BCUT2D eigenvalue weighted by molar-refractivity contribution is 6.53. The highest BCUT2D eigenvalue weighted by Crippen LogP contribution is 2.37. The lowest BCUT2D eigenvalue weighted by molar-refractivity contribution is -0.120. The van der Waals surface area contributed by atoms with Crippen LogP contribution in [0.25, 0.3) is 0 Å². The number of nitrogens with zero attached hydrogens (tertiary/aromatic N) is 1. The minimum atomic E-state index is -0.717. The molecule has 0 saturated carbocycles. The van der Waals surface area contributed by atoms with Gasteiger partial charge in [-0.15, -0.1) is 0 Å². The second-order valence-electron chi connectivity index (χ2n) is 5.09. The second-order valence-corrected chi connectivity index (χ2v) is 5.91. The maximum absolute atomic E-state index is 12.7. The predicted octanol–water partition coefficient (Wildman–Crippen LogP) is 3.49. The molecule has 0 unspecified atom stereocenters. The quantitative estimate of drug-likeness (QED) is 0.628. The Hall–Kier alpha value is -2.70. The summed E-state index contributed by atoms with van der Waals surface area (Å²) < 4.78 is 5.19. The molecule has 25 heavy (non-hydrogen) atoms. The summed E-state index contributed by atoms with van der Waals surface area (Å²) >= 11 is 12.0. The molecule has 8 heteroatoms. The van der Waals surface area contributed by atoms with Gasteiger partial charge in [0.15, 0.2) is 0 Å². The van der Waals surface area contributed by atoms with Crippen molar-refractivity contribution in [2.75, 3.05) is 17.3 Å². The fourth-order valence-electron chi connectivity index (χ4n) is 2.38. The Morgan fingerprint density at radius 3 is 2.48 bits per heavy atom. The summed E-state index contributed by atoms with van der Waals surface area (Å²) in [7, 11) is 1.41. The Balaban J connectivity index is 2.00. The average molecular weight is 379 g/mol. The van der Waals surface area contributed by atoms with E-state index in [1.54, 1.807) is 30.3 Å². The molecule has 6 nitrogen and oxygen atoms in total. The lowest BCUT2D eigenvalue weighted by atomic mass is 10.2. The number of nitrogens with one attached hydrogen (secondary N) is 1. The number of aromatic hydroxyl groups is 1. The number of rotatable bonds is 4. The number of benzene rings is 2. The lowest BCUT2D eigenvalue weighted by Crippen LogP contribution is -2.32. The van der Waals surface area contributed by atoms with Gasteiger partial charge in [-0.1, -0.05) is 35.3 Å². The normalized spacial score (nSPS) is 14.3. The molecule has 0 aromatic heterocycles. The highest BCUT2D eigenvalue weighted by Gasteiger charge is 2.40. The van der Waals surface area contributed by atoms with Crippen molar-refractivity contribution in [2.45, 2.75) is 0 Å². The number of phenols is 1. The van der Waals surface area contributed by atoms with Crippen LogP contribution in [0.2, 0.25) is 5.02 Å². The Bertz CT molecular complexity index is 911. The van der Waals surface area contributed by atoms with Crippen LogP contribution in [0.1, 0.15) is 0 Å². The number of amides is 2. The summed E-state index contributed by atoms with van der Waals surface area (Å²) in [6, 6.07) is 10.8. The molecule has 0 atom stereocenters. The van der Waals surface area contributed by atoms with Crippen molar-refractivity contribution in [1.82, 2.24) is 0 Å². The van der Waals surface area contributed by atoms with Gasteiger partial charge in [0.1, 0.15) is 22.2 Å². The Morgan fingerprint density at radius 1 is 1.08 bits per heavy atom. The van der Waals surface area contributed by atoms with E-state index in [0.717, 1.165) is 4.90 Å². The van der Waals surface area contributed by atoms with Crippen LogP contribution in [0.4, 0.5) is 11.4 Å². The van der Waals surface area contributed by atoms with Gasteiger partial charge in [0.05, 0.1) is 18.5 Å². The van der Waals surface area contributed by atoms with Crippen molar-refractivity contribution in [3.63, 3.8) is 0 Å². The van der Waals surface area contributed by atoms with Gasteiger partial charge < -0.3 is 15.2 Å². The molecule has 1 aliphatic heterocycles. The van der Waals surface area contributed by atoms with E-state index in [9.17, 15) is 14.7 Å². The van der Waals surface area contributed by atoms with Gasteiger partial charge in [-0.05, 0) is 30.3 Å². The van der Waals surface area contributed by atoms with Crippen LogP contribution in [-0.4, -0.2) is 24.0 Å². The topological polar surface area (TPSA) is 78.9 Å². The standard InChI is InChI=1S/C17H12Cl2N2O4/c1-25-13-7-6-9(18)8-11(13)21-16(23)14(19)15(17(21)24)20-10-4-2-3-5-12(10)22/h2-8,20,22H,1H3. The zero-order valence-corrected chi connectivity index (χ0v) is 14.4. The van der Waals surface area contributed by atoms with E-state index < -0.39 is 11.8 Å². The Morgan fingerprint density at radius 2 is 1.80 bits per heavy atom. The smallest absolute Gasteiger partial charge is 0.283 e. The molecule has 2 amide bonds. The summed E-state index contributed by atoms with van der Waals surface area (Å²) in [4.78, 5) is 26.1. The van der Waals surface area contributed by atoms with Gasteiger partial charge in [-0.25, -0.2) is 4.90 Å². The van der Waals surface area contributed by atoms with E-state index in [4.69, 9.17) is 27.9 Å². The minimum absolute atomic E-state index is 0.0847. The molecule has 2 aromatic carbocycles. The predicted molar refractivity (Wildman–Crippen MR) is 95.1 cm³/mol. The summed E-state index contributed by atoms with van der Waals surface area (Å²) in [5.41, 5.74) is 0.282. The number of hydrogen-bond donors (Lipinski definition) is 2. The van der Waals surface area contributed by atoms with E-state index in [-0.39, 0.29) is 27.9 Å². The third-order valence-corrected chi connectivity index (χ3v) is 4.16. The minimum Gasteiger partial charge on any atom is -0.506 e. The molecule has 0 aliphatic carbocycles. The summed E-state index contributed by atoms with van der Waals surface area (Å²) in [5.74, 6) is -1.19. The molecule has 0 radical (unpaired) electrons. The van der Waals surface area contributed by atoms with Gasteiger partial charge in [0, 0.05) is 5.02 Å². The first-order chi connectivity index (χ1) is 11.9. The van der Waals surface area contributed by atoms with Crippen molar-refractivity contribution in [3.8, 4) is 11.5 Å². The number of imide groups is 1. The maximum atomic E-state index is 12.7. The zero-order valence-electron chi connectivity index (χ0n) is 12.9. The number of anilines is 2. The van der Waals surface area contributed by atoms with Crippen molar-refractivity contribution >= 4 is 46.4 Å². The van der Waals surface area contributed by atoms with Gasteiger partial charge in [-0.3, -0.25) is 9.59 Å². The van der Waals surface area contributed by atoms with E-state index in [1.165, 1.54) is 19.2 Å². The van der Waals surface area contributed by atoms with E-state index in [2.05, 4.69) is 5.32 Å². The molecule has 3 rings (SSSR count). The Kier molecular flexibility index (Phi) is 4.57. The van der Waals surface area contributed by atoms with Gasteiger partial charge in [-0.2, -0.15) is 0 Å². The zero-order chi connectivity index (χ0) is 18.1. The van der Waals surface area contributed by atoms with Gasteiger partial charge in [0.25, 0.3) is 11.8 Å². The van der Waals surface area contributed by atoms with E-state index in [0.29, 0.717) is 10.8 Å². The van der Waals surface area contributed by atoms with Crippen molar-refractivity contribution < 1.29 is 19.4 Å². The van der Waals surface area contributed by atoms with Gasteiger partial charge in [0.2, 0.25) is 0 Å². The number of phenolic OH excluding ortho intramolecular Hbond substituents is 1. The Labute approximate surface area is 153 Å². The van der Waals surface area contributed by atoms with E-state index in [1.807, 2.05) is 0 Å². The molecule has 128 valence electrons. The lowest BCUT2D eigenvalue weighted by Gasteiger charge is -2.18. The fraction of sp³-hybridized carbons (Fsp3) is 0.0588. The van der Waals surface area contributed by atoms with Crippen molar-refractivity contribution in [1.29, 1.82) is 0 Å². The van der Waals surface area contributed by atoms with Crippen molar-refractivity contribution in [2.24, 2.45) is 0 Å². The fourth-order valence-corrected chi connectivity index (χ4v) is 2.76. The molecule has 1 heterocycles. The number of hydrogen-bond acceptors (Lipinski definition) is 5. The summed E-state index contributed by atoms with van der Waals surface area (Å²) in [6.07, 6.45) is 0. The number of halogens is 2. The molecular formula is C17H12Cl2N2O4. The molecule has 2 N–H and O–H groups in total. The van der Waals surface area contributed by atoms with Crippen LogP contribution in [0.3, 0.4) is 0 Å². The molecule has 2 aromatic rings. The monoisotopic (exact) mass is 378 g/mol. The SMILES string of the molecule is COc1ccc(Cl)cc1N1C(=O)C(Cl)=C(Nc2ccccc2O)C1=O. The third kappa shape index (κ3) is 3.01. The molecule has 0 fully saturated rings. The van der Waals surface area contributed by atoms with Crippen LogP contribution >= 0.6 is 23.2 Å². The van der Waals surface area contributed by atoms with Crippen LogP contribution in [-0.2, 0) is 9.59 Å². The number of carbonyl (C=O) groups is 2. The highest BCUT2D eigenvalue weighted by atomic mass is 35.5. The van der Waals surface area contributed by atoms with Crippen LogP contribution in [0, 0.1) is 0 Å². The summed E-state index contributed by atoms with van der Waals surface area (Å²) in [5, 5.41) is 12.6. The first-order valence-corrected chi connectivity index (χ1v) is 7.86. The molecule has 0 spiro atoms.